The first-order chi connectivity index (χ1) is 11.8. The smallest absolute Gasteiger partial charge is 0.336 e. The molecule has 0 aliphatic heterocycles. The summed E-state index contributed by atoms with van der Waals surface area (Å²) in [6.07, 6.45) is 0. The predicted octanol–water partition coefficient (Wildman–Crippen LogP) is 1.07. The summed E-state index contributed by atoms with van der Waals surface area (Å²) in [4.78, 5) is 44.7. The number of carboxylic acid groups (broad SMARTS) is 1. The molecule has 0 unspecified atom stereocenters. The molecule has 0 aromatic heterocycles. The number of nitro benzene ring substituents is 1. The van der Waals surface area contributed by atoms with Gasteiger partial charge < -0.3 is 10.2 Å². The van der Waals surface area contributed by atoms with Gasteiger partial charge in [0, 0.05) is 11.6 Å². The Morgan fingerprint density at radius 1 is 0.960 bits per heavy atom. The van der Waals surface area contributed by atoms with Crippen LogP contribution in [0.25, 0.3) is 0 Å². The molecule has 0 saturated carbocycles. The summed E-state index contributed by atoms with van der Waals surface area (Å²) in [5, 5.41) is 29.1. The standard InChI is InChI=1S/C15H11N3O7/c19-12-7-8(5-6-11(12)18(24)25)13(20)16-17-14(21)9-3-1-2-4-10(9)15(22)23/h1-7,19H,(H,16,20)(H,17,21)(H,22,23). The van der Waals surface area contributed by atoms with Crippen molar-refractivity contribution in [2.24, 2.45) is 0 Å². The van der Waals surface area contributed by atoms with Gasteiger partial charge in [0.25, 0.3) is 11.8 Å². The Balaban J connectivity index is 2.10. The molecule has 0 atom stereocenters. The number of rotatable bonds is 4. The van der Waals surface area contributed by atoms with E-state index in [-0.39, 0.29) is 16.7 Å². The SMILES string of the molecule is O=C(NNC(=O)c1ccccc1C(=O)O)c1ccc([N+](=O)[O-])c(O)c1. The molecule has 25 heavy (non-hydrogen) atoms. The van der Waals surface area contributed by atoms with Crippen molar-refractivity contribution in [2.45, 2.75) is 0 Å². The summed E-state index contributed by atoms with van der Waals surface area (Å²) in [5.41, 5.74) is 2.93. The summed E-state index contributed by atoms with van der Waals surface area (Å²) in [5.74, 6) is -3.73. The zero-order chi connectivity index (χ0) is 18.6. The van der Waals surface area contributed by atoms with E-state index >= 15 is 0 Å². The van der Waals surface area contributed by atoms with E-state index in [0.29, 0.717) is 0 Å². The number of hydrazine groups is 1. The van der Waals surface area contributed by atoms with Crippen LogP contribution >= 0.6 is 0 Å². The minimum Gasteiger partial charge on any atom is -0.502 e. The number of aromatic carboxylic acids is 1. The molecule has 4 N–H and O–H groups in total. The van der Waals surface area contributed by atoms with E-state index in [0.717, 1.165) is 18.2 Å². The van der Waals surface area contributed by atoms with Crippen molar-refractivity contribution >= 4 is 23.5 Å². The second-order valence-electron chi connectivity index (χ2n) is 4.72. The Morgan fingerprint density at radius 3 is 2.12 bits per heavy atom. The van der Waals surface area contributed by atoms with Gasteiger partial charge in [0.2, 0.25) is 0 Å². The normalized spacial score (nSPS) is 9.92. The molecule has 0 radical (unpaired) electrons. The summed E-state index contributed by atoms with van der Waals surface area (Å²) in [7, 11) is 0. The zero-order valence-electron chi connectivity index (χ0n) is 12.4. The van der Waals surface area contributed by atoms with Gasteiger partial charge in [-0.15, -0.1) is 0 Å². The Kier molecular flexibility index (Phi) is 4.93. The van der Waals surface area contributed by atoms with Crippen LogP contribution in [0.5, 0.6) is 5.75 Å². The van der Waals surface area contributed by atoms with Gasteiger partial charge in [-0.25, -0.2) is 4.79 Å². The summed E-state index contributed by atoms with van der Waals surface area (Å²) < 4.78 is 0. The Bertz CT molecular complexity index is 879. The van der Waals surface area contributed by atoms with Crippen LogP contribution in [-0.2, 0) is 0 Å². The Labute approximate surface area is 139 Å². The Morgan fingerprint density at radius 2 is 1.56 bits per heavy atom. The van der Waals surface area contributed by atoms with Crippen LogP contribution in [0.2, 0.25) is 0 Å². The molecule has 0 saturated heterocycles. The number of aromatic hydroxyl groups is 1. The fourth-order valence-electron chi connectivity index (χ4n) is 1.94. The monoisotopic (exact) mass is 345 g/mol. The Hall–Kier alpha value is -3.95. The number of carboxylic acids is 1. The third-order valence-electron chi connectivity index (χ3n) is 3.13. The lowest BCUT2D eigenvalue weighted by molar-refractivity contribution is -0.385. The van der Waals surface area contributed by atoms with Gasteiger partial charge in [-0.05, 0) is 24.3 Å². The molecule has 2 aromatic carbocycles. The van der Waals surface area contributed by atoms with Gasteiger partial charge in [-0.1, -0.05) is 12.1 Å². The number of amides is 2. The van der Waals surface area contributed by atoms with Crippen LogP contribution in [0.3, 0.4) is 0 Å². The van der Waals surface area contributed by atoms with Crippen molar-refractivity contribution in [1.82, 2.24) is 10.9 Å². The van der Waals surface area contributed by atoms with Gasteiger partial charge in [-0.2, -0.15) is 0 Å². The second-order valence-corrected chi connectivity index (χ2v) is 4.72. The van der Waals surface area contributed by atoms with E-state index in [2.05, 4.69) is 0 Å². The van der Waals surface area contributed by atoms with Crippen molar-refractivity contribution in [1.29, 1.82) is 0 Å². The number of phenolic OH excluding ortho intramolecular Hbond substituents is 1. The molecule has 2 rings (SSSR count). The van der Waals surface area contributed by atoms with Gasteiger partial charge in [0.15, 0.2) is 5.75 Å². The number of carbonyl (C=O) groups is 3. The van der Waals surface area contributed by atoms with E-state index in [1.807, 2.05) is 10.9 Å². The number of hydrogen-bond acceptors (Lipinski definition) is 6. The molecule has 0 fully saturated rings. The molecule has 128 valence electrons. The maximum Gasteiger partial charge on any atom is 0.336 e. The number of nitrogens with one attached hydrogen (secondary N) is 2. The lowest BCUT2D eigenvalue weighted by Crippen LogP contribution is -2.42. The van der Waals surface area contributed by atoms with Crippen LogP contribution in [0.15, 0.2) is 42.5 Å². The fourth-order valence-corrected chi connectivity index (χ4v) is 1.94. The molecule has 0 heterocycles. The van der Waals surface area contributed by atoms with E-state index in [9.17, 15) is 29.6 Å². The molecule has 0 spiro atoms. The summed E-state index contributed by atoms with van der Waals surface area (Å²) >= 11 is 0. The van der Waals surface area contributed by atoms with Gasteiger partial charge in [0.1, 0.15) is 0 Å². The molecular weight excluding hydrogens is 334 g/mol. The number of hydrogen-bond donors (Lipinski definition) is 4. The number of nitrogens with zero attached hydrogens (tertiary/aromatic N) is 1. The highest BCUT2D eigenvalue weighted by atomic mass is 16.6. The highest BCUT2D eigenvalue weighted by Gasteiger charge is 2.18. The van der Waals surface area contributed by atoms with E-state index in [1.165, 1.54) is 24.3 Å². The van der Waals surface area contributed by atoms with Gasteiger partial charge in [-0.3, -0.25) is 30.6 Å². The topological polar surface area (TPSA) is 159 Å². The first-order valence-electron chi connectivity index (χ1n) is 6.71. The third kappa shape index (κ3) is 3.88. The number of phenols is 1. The lowest BCUT2D eigenvalue weighted by Gasteiger charge is -2.09. The average Bonchev–Trinajstić information content (AvgIpc) is 2.58. The van der Waals surface area contributed by atoms with Crippen LogP contribution in [0, 0.1) is 10.1 Å². The van der Waals surface area contributed by atoms with E-state index in [4.69, 9.17) is 5.11 Å². The van der Waals surface area contributed by atoms with Crippen molar-refractivity contribution in [2.75, 3.05) is 0 Å². The molecule has 0 aliphatic carbocycles. The fraction of sp³-hybridized carbons (Fsp3) is 0. The molecule has 10 heteroatoms. The first-order valence-corrected chi connectivity index (χ1v) is 6.71. The van der Waals surface area contributed by atoms with Crippen LogP contribution in [0.1, 0.15) is 31.1 Å². The van der Waals surface area contributed by atoms with E-state index in [1.54, 1.807) is 0 Å². The van der Waals surface area contributed by atoms with Crippen LogP contribution in [0.4, 0.5) is 5.69 Å². The maximum atomic E-state index is 12.0. The van der Waals surface area contributed by atoms with Gasteiger partial charge in [0.05, 0.1) is 16.1 Å². The highest BCUT2D eigenvalue weighted by Crippen LogP contribution is 2.26. The lowest BCUT2D eigenvalue weighted by atomic mass is 10.1. The number of nitro groups is 1. The van der Waals surface area contributed by atoms with Crippen molar-refractivity contribution in [3.8, 4) is 5.75 Å². The minimum absolute atomic E-state index is 0.144. The summed E-state index contributed by atoms with van der Waals surface area (Å²) in [6, 6.07) is 8.28. The maximum absolute atomic E-state index is 12.0. The first kappa shape index (κ1) is 17.4. The quantitative estimate of drug-likeness (QED) is 0.476. The zero-order valence-corrected chi connectivity index (χ0v) is 12.4. The summed E-state index contributed by atoms with van der Waals surface area (Å²) in [6.45, 7) is 0. The number of carbonyl (C=O) groups excluding carboxylic acids is 2. The minimum atomic E-state index is -1.31. The molecule has 0 bridgehead atoms. The van der Waals surface area contributed by atoms with Gasteiger partial charge >= 0.3 is 11.7 Å². The van der Waals surface area contributed by atoms with Crippen LogP contribution < -0.4 is 10.9 Å². The van der Waals surface area contributed by atoms with E-state index < -0.39 is 34.1 Å². The van der Waals surface area contributed by atoms with Crippen molar-refractivity contribution in [3.63, 3.8) is 0 Å². The molecule has 2 amide bonds. The number of benzene rings is 2. The molecular formula is C15H11N3O7. The second kappa shape index (κ2) is 7.08. The van der Waals surface area contributed by atoms with Crippen LogP contribution in [-0.4, -0.2) is 32.9 Å². The molecule has 2 aromatic rings. The molecule has 0 aliphatic rings. The largest absolute Gasteiger partial charge is 0.502 e. The van der Waals surface area contributed by atoms with Crippen molar-refractivity contribution in [3.05, 3.63) is 69.3 Å². The highest BCUT2D eigenvalue weighted by molar-refractivity contribution is 6.05. The van der Waals surface area contributed by atoms with Crippen molar-refractivity contribution < 1.29 is 29.5 Å². The third-order valence-corrected chi connectivity index (χ3v) is 3.13. The molecule has 10 nitrogen and oxygen atoms in total. The predicted molar refractivity (Wildman–Crippen MR) is 83.1 cm³/mol. The average molecular weight is 345 g/mol.